The van der Waals surface area contributed by atoms with Crippen molar-refractivity contribution in [2.24, 2.45) is 9.98 Å². The van der Waals surface area contributed by atoms with Gasteiger partial charge in [-0.2, -0.15) is 0 Å². The smallest absolute Gasteiger partial charge is 0.121 e. The van der Waals surface area contributed by atoms with E-state index in [0.717, 1.165) is 11.1 Å². The third kappa shape index (κ3) is 6.57. The van der Waals surface area contributed by atoms with Gasteiger partial charge in [0.05, 0.1) is 0 Å². The fourth-order valence-corrected chi connectivity index (χ4v) is 4.41. The molecule has 194 valence electrons. The first-order valence-corrected chi connectivity index (χ1v) is 13.2. The minimum absolute atomic E-state index is 0.140. The summed E-state index contributed by atoms with van der Waals surface area (Å²) in [5.41, 5.74) is 5.73. The van der Waals surface area contributed by atoms with Crippen molar-refractivity contribution in [3.05, 3.63) is 130 Å². The third-order valence-electron chi connectivity index (χ3n) is 6.78. The summed E-state index contributed by atoms with van der Waals surface area (Å²) in [5.74, 6) is 1.18. The molecule has 2 N–H and O–H groups in total. The van der Waals surface area contributed by atoms with E-state index in [0.29, 0.717) is 23.0 Å². The van der Waals surface area contributed by atoms with Crippen molar-refractivity contribution in [2.75, 3.05) is 0 Å². The maximum absolute atomic E-state index is 10.8. The van der Waals surface area contributed by atoms with E-state index in [1.807, 2.05) is 36.7 Å². The first kappa shape index (κ1) is 26.9. The Morgan fingerprint density at radius 3 is 1.16 bits per heavy atom. The molecule has 0 heterocycles. The van der Waals surface area contributed by atoms with Gasteiger partial charge in [-0.05, 0) is 46.2 Å². The number of hydrogen-bond acceptors (Lipinski definition) is 4. The zero-order chi connectivity index (χ0) is 27.1. The van der Waals surface area contributed by atoms with E-state index < -0.39 is 12.1 Å². The fourth-order valence-electron chi connectivity index (χ4n) is 4.41. The highest BCUT2D eigenvalue weighted by atomic mass is 16.3. The monoisotopic (exact) mass is 504 g/mol. The van der Waals surface area contributed by atoms with Gasteiger partial charge in [-0.3, -0.25) is 9.98 Å². The Hall–Kier alpha value is -4.18. The lowest BCUT2D eigenvalue weighted by atomic mass is 9.92. The highest BCUT2D eigenvalue weighted by molar-refractivity contribution is 5.81. The predicted octanol–water partition coefficient (Wildman–Crippen LogP) is 8.37. The van der Waals surface area contributed by atoms with Gasteiger partial charge < -0.3 is 10.2 Å². The molecule has 0 bridgehead atoms. The van der Waals surface area contributed by atoms with E-state index >= 15 is 0 Å². The van der Waals surface area contributed by atoms with Crippen LogP contribution in [0.5, 0.6) is 11.5 Å². The zero-order valence-electron chi connectivity index (χ0n) is 22.5. The highest BCUT2D eigenvalue weighted by Gasteiger charge is 2.27. The van der Waals surface area contributed by atoms with Crippen LogP contribution in [0.1, 0.15) is 85.0 Å². The van der Waals surface area contributed by atoms with Crippen molar-refractivity contribution in [2.45, 2.75) is 51.6 Å². The minimum atomic E-state index is -0.569. The van der Waals surface area contributed by atoms with Crippen LogP contribution in [0.3, 0.4) is 0 Å². The largest absolute Gasteiger partial charge is 0.508 e. The Morgan fingerprint density at radius 1 is 0.500 bits per heavy atom. The van der Waals surface area contributed by atoms with E-state index in [1.165, 1.54) is 11.1 Å². The topological polar surface area (TPSA) is 65.2 Å². The van der Waals surface area contributed by atoms with Crippen LogP contribution >= 0.6 is 0 Å². The quantitative estimate of drug-likeness (QED) is 0.225. The molecule has 0 spiro atoms. The van der Waals surface area contributed by atoms with Gasteiger partial charge in [0.1, 0.15) is 23.6 Å². The van der Waals surface area contributed by atoms with Gasteiger partial charge in [0.15, 0.2) is 0 Å². The number of rotatable bonds is 9. The summed E-state index contributed by atoms with van der Waals surface area (Å²) >= 11 is 0. The summed E-state index contributed by atoms with van der Waals surface area (Å²) in [5, 5.41) is 21.6. The number of para-hydroxylation sites is 2. The van der Waals surface area contributed by atoms with Crippen LogP contribution < -0.4 is 0 Å². The van der Waals surface area contributed by atoms with Crippen LogP contribution in [0.2, 0.25) is 0 Å². The molecule has 0 radical (unpaired) electrons. The van der Waals surface area contributed by atoms with Crippen molar-refractivity contribution >= 4 is 12.4 Å². The Balaban J connectivity index is 1.78. The standard InChI is InChI=1S/C34H36N2O2/c1-23(2)27-17-13-25(14-18-27)21-35-33(29-9-5-7-11-31(29)37)34(30-10-6-8-12-32(30)38)36-22-26-15-19-28(20-16-26)24(3)4/h5-24,33-34,37-38H,1-4H3/t33-,34+. The van der Waals surface area contributed by atoms with Crippen molar-refractivity contribution in [3.8, 4) is 11.5 Å². The molecule has 0 aliphatic carbocycles. The molecule has 0 aliphatic rings. The molecule has 0 aromatic heterocycles. The number of phenolic OH excluding ortho intramolecular Hbond substituents is 2. The molecule has 4 aromatic carbocycles. The summed E-state index contributed by atoms with van der Waals surface area (Å²) in [7, 11) is 0. The first-order chi connectivity index (χ1) is 18.3. The van der Waals surface area contributed by atoms with Crippen LogP contribution in [0.15, 0.2) is 107 Å². The second-order valence-corrected chi connectivity index (χ2v) is 10.2. The molecule has 0 saturated carbocycles. The van der Waals surface area contributed by atoms with Gasteiger partial charge in [-0.1, -0.05) is 113 Å². The van der Waals surface area contributed by atoms with Gasteiger partial charge in [-0.25, -0.2) is 0 Å². The highest BCUT2D eigenvalue weighted by Crippen LogP contribution is 2.42. The number of phenols is 2. The van der Waals surface area contributed by atoms with Gasteiger partial charge >= 0.3 is 0 Å². The molecule has 4 nitrogen and oxygen atoms in total. The lowest BCUT2D eigenvalue weighted by Crippen LogP contribution is -2.10. The SMILES string of the molecule is CC(C)c1ccc(C=N[C@H](c2ccccc2O)[C@@H](N=Cc2ccc(C(C)C)cc2)c2ccccc2O)cc1. The fraction of sp³-hybridized carbons (Fsp3) is 0.235. The minimum Gasteiger partial charge on any atom is -0.508 e. The summed E-state index contributed by atoms with van der Waals surface area (Å²) in [4.78, 5) is 9.91. The molecule has 0 fully saturated rings. The zero-order valence-corrected chi connectivity index (χ0v) is 22.5. The van der Waals surface area contributed by atoms with Crippen molar-refractivity contribution in [3.63, 3.8) is 0 Å². The average molecular weight is 505 g/mol. The Morgan fingerprint density at radius 2 is 0.842 bits per heavy atom. The van der Waals surface area contributed by atoms with Crippen LogP contribution in [0, 0.1) is 0 Å². The first-order valence-electron chi connectivity index (χ1n) is 13.2. The lowest BCUT2D eigenvalue weighted by molar-refractivity contribution is 0.438. The van der Waals surface area contributed by atoms with Crippen LogP contribution in [0.4, 0.5) is 0 Å². The maximum atomic E-state index is 10.8. The van der Waals surface area contributed by atoms with Crippen LogP contribution in [0.25, 0.3) is 0 Å². The molecule has 0 saturated heterocycles. The Labute approximate surface area is 226 Å². The second kappa shape index (κ2) is 12.4. The number of aromatic hydroxyl groups is 2. The molecular formula is C34H36N2O2. The van der Waals surface area contributed by atoms with E-state index in [-0.39, 0.29) is 11.5 Å². The number of benzene rings is 4. The van der Waals surface area contributed by atoms with E-state index in [4.69, 9.17) is 9.98 Å². The van der Waals surface area contributed by atoms with Crippen molar-refractivity contribution in [1.82, 2.24) is 0 Å². The number of aliphatic imine (C=N–C) groups is 2. The van der Waals surface area contributed by atoms with Crippen molar-refractivity contribution < 1.29 is 10.2 Å². The van der Waals surface area contributed by atoms with E-state index in [2.05, 4.69) is 76.2 Å². The Kier molecular flexibility index (Phi) is 8.75. The van der Waals surface area contributed by atoms with E-state index in [9.17, 15) is 10.2 Å². The second-order valence-electron chi connectivity index (χ2n) is 10.2. The third-order valence-corrected chi connectivity index (χ3v) is 6.78. The predicted molar refractivity (Wildman–Crippen MR) is 158 cm³/mol. The molecule has 0 aliphatic heterocycles. The molecule has 4 aromatic rings. The molecule has 4 heteroatoms. The average Bonchev–Trinajstić information content (AvgIpc) is 2.92. The number of nitrogens with zero attached hydrogens (tertiary/aromatic N) is 2. The normalized spacial score (nSPS) is 13.5. The summed E-state index contributed by atoms with van der Waals surface area (Å²) < 4.78 is 0. The molecule has 38 heavy (non-hydrogen) atoms. The maximum Gasteiger partial charge on any atom is 0.121 e. The van der Waals surface area contributed by atoms with Crippen LogP contribution in [-0.2, 0) is 0 Å². The molecule has 2 atom stereocenters. The van der Waals surface area contributed by atoms with Gasteiger partial charge in [0, 0.05) is 23.6 Å². The molecule has 0 unspecified atom stereocenters. The Bertz CT molecular complexity index is 1280. The summed E-state index contributed by atoms with van der Waals surface area (Å²) in [6.07, 6.45) is 3.64. The van der Waals surface area contributed by atoms with E-state index in [1.54, 1.807) is 24.3 Å². The van der Waals surface area contributed by atoms with Gasteiger partial charge in [0.2, 0.25) is 0 Å². The number of hydrogen-bond donors (Lipinski definition) is 2. The summed E-state index contributed by atoms with van der Waals surface area (Å²) in [6, 6.07) is 29.9. The summed E-state index contributed by atoms with van der Waals surface area (Å²) in [6.45, 7) is 8.68. The molecule has 0 amide bonds. The van der Waals surface area contributed by atoms with Gasteiger partial charge in [0.25, 0.3) is 0 Å². The molecule has 4 rings (SSSR count). The van der Waals surface area contributed by atoms with Crippen molar-refractivity contribution in [1.29, 1.82) is 0 Å². The molecular weight excluding hydrogens is 468 g/mol. The van der Waals surface area contributed by atoms with Crippen LogP contribution in [-0.4, -0.2) is 22.6 Å². The van der Waals surface area contributed by atoms with Gasteiger partial charge in [-0.15, -0.1) is 0 Å². The lowest BCUT2D eigenvalue weighted by Gasteiger charge is -2.23.